The molecule has 0 aromatic heterocycles. The molecule has 204 valence electrons. The molecule has 2 aliphatic carbocycles. The monoisotopic (exact) mass is 505 g/mol. The summed E-state index contributed by atoms with van der Waals surface area (Å²) in [4.78, 5) is 2.55. The molecule has 1 aromatic rings. The number of hydrogen-bond donors (Lipinski definition) is 2. The highest BCUT2D eigenvalue weighted by Gasteiger charge is 2.61. The lowest BCUT2D eigenvalue weighted by molar-refractivity contribution is -0.142. The molecular formula is C29H47NO6. The second-order valence-corrected chi connectivity index (χ2v) is 11.1. The van der Waals surface area contributed by atoms with Crippen molar-refractivity contribution >= 4 is 0 Å². The van der Waals surface area contributed by atoms with Crippen LogP contribution in [0.3, 0.4) is 0 Å². The van der Waals surface area contributed by atoms with E-state index in [2.05, 4.69) is 17.9 Å². The van der Waals surface area contributed by atoms with E-state index in [0.717, 1.165) is 62.2 Å². The zero-order valence-electron chi connectivity index (χ0n) is 22.6. The Balaban J connectivity index is 1.46. The fourth-order valence-corrected chi connectivity index (χ4v) is 6.65. The molecule has 2 N–H and O–H groups in total. The molecule has 0 spiro atoms. The number of nitrogens with zero attached hydrogens (tertiary/aromatic N) is 1. The van der Waals surface area contributed by atoms with E-state index < -0.39 is 11.0 Å². The first kappa shape index (κ1) is 27.6. The van der Waals surface area contributed by atoms with Crippen molar-refractivity contribution in [2.75, 3.05) is 59.8 Å². The number of phenolic OH excluding ortho intramolecular Hbond substituents is 1. The van der Waals surface area contributed by atoms with Crippen LogP contribution in [-0.4, -0.2) is 86.6 Å². The Labute approximate surface area is 217 Å². The Kier molecular flexibility index (Phi) is 9.56. The van der Waals surface area contributed by atoms with Gasteiger partial charge in [-0.15, -0.1) is 0 Å². The summed E-state index contributed by atoms with van der Waals surface area (Å²) >= 11 is 0. The average Bonchev–Trinajstić information content (AvgIpc) is 2.82. The third-order valence-corrected chi connectivity index (χ3v) is 8.97. The van der Waals surface area contributed by atoms with Crippen LogP contribution in [0.4, 0.5) is 0 Å². The number of fused-ring (bicyclic) bond motifs is 4. The smallest absolute Gasteiger partial charge is 0.161 e. The van der Waals surface area contributed by atoms with E-state index in [1.54, 1.807) is 7.11 Å². The minimum atomic E-state index is -0.904. The number of unbranched alkanes of at least 4 members (excludes halogenated alkanes) is 1. The number of rotatable bonds is 15. The normalized spacial score (nSPS) is 28.1. The SMILES string of the molecule is CCCC[C@]12CCN(CC3CCC3)C(Cc3ccc(OCCOCCOCCOC)c(O)c31)C2(C)O. The summed E-state index contributed by atoms with van der Waals surface area (Å²) in [5, 5.41) is 23.7. The van der Waals surface area contributed by atoms with Crippen LogP contribution in [0.15, 0.2) is 12.1 Å². The van der Waals surface area contributed by atoms with Crippen LogP contribution in [0, 0.1) is 5.92 Å². The van der Waals surface area contributed by atoms with Gasteiger partial charge in [-0.1, -0.05) is 32.3 Å². The average molecular weight is 506 g/mol. The lowest BCUT2D eigenvalue weighted by Crippen LogP contribution is -2.70. The largest absolute Gasteiger partial charge is 0.504 e. The van der Waals surface area contributed by atoms with E-state index in [4.69, 9.17) is 18.9 Å². The summed E-state index contributed by atoms with van der Waals surface area (Å²) in [6, 6.07) is 4.09. The molecule has 7 heteroatoms. The Bertz CT molecular complexity index is 841. The summed E-state index contributed by atoms with van der Waals surface area (Å²) in [5.41, 5.74) is 0.719. The zero-order chi connectivity index (χ0) is 25.6. The fourth-order valence-electron chi connectivity index (χ4n) is 6.65. The minimum absolute atomic E-state index is 0.0851. The summed E-state index contributed by atoms with van der Waals surface area (Å²) in [7, 11) is 1.65. The van der Waals surface area contributed by atoms with Crippen LogP contribution in [0.2, 0.25) is 0 Å². The van der Waals surface area contributed by atoms with Crippen LogP contribution >= 0.6 is 0 Å². The number of phenols is 1. The summed E-state index contributed by atoms with van der Waals surface area (Å²) in [6.45, 7) is 9.19. The summed E-state index contributed by atoms with van der Waals surface area (Å²) in [6.07, 6.45) is 8.56. The highest BCUT2D eigenvalue weighted by Crippen LogP contribution is 2.58. The van der Waals surface area contributed by atoms with Gasteiger partial charge in [0.15, 0.2) is 11.5 Å². The maximum absolute atomic E-state index is 12.2. The first-order valence-corrected chi connectivity index (χ1v) is 14.0. The van der Waals surface area contributed by atoms with Crippen molar-refractivity contribution in [2.24, 2.45) is 5.92 Å². The predicted molar refractivity (Wildman–Crippen MR) is 140 cm³/mol. The molecule has 4 rings (SSSR count). The first-order valence-electron chi connectivity index (χ1n) is 14.0. The van der Waals surface area contributed by atoms with Crippen molar-refractivity contribution in [3.63, 3.8) is 0 Å². The van der Waals surface area contributed by atoms with Gasteiger partial charge in [-0.3, -0.25) is 4.90 Å². The van der Waals surface area contributed by atoms with Crippen LogP contribution in [-0.2, 0) is 26.0 Å². The maximum Gasteiger partial charge on any atom is 0.161 e. The van der Waals surface area contributed by atoms with Gasteiger partial charge in [0.1, 0.15) is 6.61 Å². The second-order valence-electron chi connectivity index (χ2n) is 11.1. The van der Waals surface area contributed by atoms with Crippen molar-refractivity contribution in [1.29, 1.82) is 0 Å². The second kappa shape index (κ2) is 12.4. The predicted octanol–water partition coefficient (Wildman–Crippen LogP) is 4.06. The lowest BCUT2D eigenvalue weighted by atomic mass is 9.53. The Morgan fingerprint density at radius 3 is 2.44 bits per heavy atom. The van der Waals surface area contributed by atoms with Gasteiger partial charge in [0, 0.05) is 30.7 Å². The molecule has 0 radical (unpaired) electrons. The quantitative estimate of drug-likeness (QED) is 0.348. The zero-order valence-corrected chi connectivity index (χ0v) is 22.6. The Hall–Kier alpha value is -1.38. The lowest BCUT2D eigenvalue weighted by Gasteiger charge is -2.61. The van der Waals surface area contributed by atoms with Crippen molar-refractivity contribution < 1.29 is 29.2 Å². The molecule has 1 aromatic carbocycles. The maximum atomic E-state index is 12.2. The third kappa shape index (κ3) is 5.56. The fraction of sp³-hybridized carbons (Fsp3) is 0.793. The number of hydrogen-bond acceptors (Lipinski definition) is 7. The van der Waals surface area contributed by atoms with E-state index in [0.29, 0.717) is 45.4 Å². The standard InChI is InChI=1S/C29H47NO6/c1-4-5-11-29-12-13-30(21-22-7-6-8-22)25(28(29,2)32)20-23-9-10-24(27(31)26(23)29)36-19-18-35-17-16-34-15-14-33-3/h9-10,22,25,31-32H,4-8,11-21H2,1-3H3/t25?,28?,29-/m0/s1. The minimum Gasteiger partial charge on any atom is -0.504 e. The Morgan fingerprint density at radius 1 is 1.06 bits per heavy atom. The van der Waals surface area contributed by atoms with E-state index >= 15 is 0 Å². The summed E-state index contributed by atoms with van der Waals surface area (Å²) < 4.78 is 21.9. The summed E-state index contributed by atoms with van der Waals surface area (Å²) in [5.74, 6) is 1.46. The van der Waals surface area contributed by atoms with E-state index in [1.165, 1.54) is 19.3 Å². The van der Waals surface area contributed by atoms with E-state index in [1.807, 2.05) is 13.0 Å². The topological polar surface area (TPSA) is 80.6 Å². The van der Waals surface area contributed by atoms with Gasteiger partial charge in [0.2, 0.25) is 0 Å². The third-order valence-electron chi connectivity index (χ3n) is 8.97. The van der Waals surface area contributed by atoms with Crippen LogP contribution in [0.25, 0.3) is 0 Å². The van der Waals surface area contributed by atoms with Gasteiger partial charge in [-0.2, -0.15) is 0 Å². The van der Waals surface area contributed by atoms with E-state index in [9.17, 15) is 10.2 Å². The number of aliphatic hydroxyl groups is 1. The molecule has 1 saturated carbocycles. The molecule has 0 amide bonds. The van der Waals surface area contributed by atoms with Gasteiger partial charge in [0.05, 0.1) is 38.6 Å². The highest BCUT2D eigenvalue weighted by molar-refractivity contribution is 5.57. The molecule has 36 heavy (non-hydrogen) atoms. The molecule has 3 aliphatic rings. The van der Waals surface area contributed by atoms with Crippen molar-refractivity contribution in [2.45, 2.75) is 82.3 Å². The molecule has 2 fully saturated rings. The van der Waals surface area contributed by atoms with Crippen LogP contribution in [0.5, 0.6) is 11.5 Å². The molecule has 3 atom stereocenters. The molecule has 1 aliphatic heterocycles. The molecule has 1 saturated heterocycles. The number of methoxy groups -OCH3 is 1. The van der Waals surface area contributed by atoms with Gasteiger partial charge in [0.25, 0.3) is 0 Å². The van der Waals surface area contributed by atoms with Gasteiger partial charge >= 0.3 is 0 Å². The van der Waals surface area contributed by atoms with Crippen molar-refractivity contribution in [3.8, 4) is 11.5 Å². The van der Waals surface area contributed by atoms with E-state index in [-0.39, 0.29) is 11.8 Å². The van der Waals surface area contributed by atoms with Crippen LogP contribution < -0.4 is 4.74 Å². The number of aromatic hydroxyl groups is 1. The van der Waals surface area contributed by atoms with Gasteiger partial charge in [-0.25, -0.2) is 0 Å². The number of likely N-dealkylation sites (tertiary alicyclic amines) is 1. The van der Waals surface area contributed by atoms with Crippen molar-refractivity contribution in [1.82, 2.24) is 4.90 Å². The van der Waals surface area contributed by atoms with Crippen LogP contribution in [0.1, 0.15) is 69.9 Å². The number of ether oxygens (including phenoxy) is 4. The molecular weight excluding hydrogens is 458 g/mol. The molecule has 2 unspecified atom stereocenters. The van der Waals surface area contributed by atoms with Crippen molar-refractivity contribution in [3.05, 3.63) is 23.3 Å². The highest BCUT2D eigenvalue weighted by atomic mass is 16.6. The number of benzene rings is 1. The van der Waals surface area contributed by atoms with Gasteiger partial charge < -0.3 is 29.2 Å². The first-order chi connectivity index (χ1) is 17.4. The molecule has 1 heterocycles. The van der Waals surface area contributed by atoms with Gasteiger partial charge in [-0.05, 0) is 63.1 Å². The molecule has 7 nitrogen and oxygen atoms in total. The Morgan fingerprint density at radius 2 is 1.78 bits per heavy atom. The number of piperidine rings is 1. The molecule has 2 bridgehead atoms.